The SMILES string of the molecule is CCCCC(CC)C(=O)N[C@@H](C)[C@H](O)c1ccccc1. The molecule has 0 spiro atoms. The van der Waals surface area contributed by atoms with Crippen LogP contribution >= 0.6 is 0 Å². The molecular formula is C17H27NO2. The van der Waals surface area contributed by atoms with Gasteiger partial charge in [-0.05, 0) is 25.3 Å². The van der Waals surface area contributed by atoms with E-state index in [-0.39, 0.29) is 17.9 Å². The molecule has 1 aromatic carbocycles. The molecule has 1 amide bonds. The van der Waals surface area contributed by atoms with Crippen LogP contribution in [-0.4, -0.2) is 17.1 Å². The summed E-state index contributed by atoms with van der Waals surface area (Å²) in [5, 5.41) is 13.2. The number of hydrogen-bond acceptors (Lipinski definition) is 2. The molecule has 0 aromatic heterocycles. The van der Waals surface area contributed by atoms with E-state index in [9.17, 15) is 9.90 Å². The Kier molecular flexibility index (Phi) is 7.31. The van der Waals surface area contributed by atoms with Gasteiger partial charge in [0, 0.05) is 5.92 Å². The average molecular weight is 277 g/mol. The molecule has 0 saturated carbocycles. The van der Waals surface area contributed by atoms with Gasteiger partial charge in [0.25, 0.3) is 0 Å². The molecule has 112 valence electrons. The summed E-state index contributed by atoms with van der Waals surface area (Å²) in [5.41, 5.74) is 0.835. The number of benzene rings is 1. The van der Waals surface area contributed by atoms with Gasteiger partial charge in [0.05, 0.1) is 12.1 Å². The van der Waals surface area contributed by atoms with Gasteiger partial charge in [0.2, 0.25) is 5.91 Å². The fraction of sp³-hybridized carbons (Fsp3) is 0.588. The quantitative estimate of drug-likeness (QED) is 0.764. The standard InChI is InChI=1S/C17H27NO2/c1-4-6-10-14(5-2)17(20)18-13(3)16(19)15-11-8-7-9-12-15/h7-9,11-14,16,19H,4-6,10H2,1-3H3,(H,18,20)/t13-,14?,16-/m0/s1. The molecule has 1 unspecified atom stereocenters. The van der Waals surface area contributed by atoms with E-state index in [2.05, 4.69) is 12.2 Å². The lowest BCUT2D eigenvalue weighted by Gasteiger charge is -2.23. The molecule has 1 rings (SSSR count). The van der Waals surface area contributed by atoms with Crippen molar-refractivity contribution in [1.82, 2.24) is 5.32 Å². The monoisotopic (exact) mass is 277 g/mol. The summed E-state index contributed by atoms with van der Waals surface area (Å²) in [6, 6.07) is 9.17. The van der Waals surface area contributed by atoms with E-state index in [0.717, 1.165) is 31.2 Å². The van der Waals surface area contributed by atoms with Gasteiger partial charge in [-0.25, -0.2) is 0 Å². The number of amides is 1. The minimum absolute atomic E-state index is 0.0559. The van der Waals surface area contributed by atoms with E-state index < -0.39 is 6.10 Å². The first-order valence-corrected chi connectivity index (χ1v) is 7.63. The molecule has 0 fully saturated rings. The maximum absolute atomic E-state index is 12.2. The van der Waals surface area contributed by atoms with E-state index >= 15 is 0 Å². The van der Waals surface area contributed by atoms with Crippen LogP contribution in [0.15, 0.2) is 30.3 Å². The second-order valence-corrected chi connectivity index (χ2v) is 5.40. The van der Waals surface area contributed by atoms with Gasteiger partial charge in [0.1, 0.15) is 0 Å². The molecule has 0 heterocycles. The van der Waals surface area contributed by atoms with Crippen molar-refractivity contribution in [2.75, 3.05) is 0 Å². The first kappa shape index (κ1) is 16.7. The van der Waals surface area contributed by atoms with Gasteiger partial charge < -0.3 is 10.4 Å². The lowest BCUT2D eigenvalue weighted by molar-refractivity contribution is -0.126. The van der Waals surface area contributed by atoms with Gasteiger partial charge >= 0.3 is 0 Å². The Morgan fingerprint density at radius 3 is 2.45 bits per heavy atom. The molecule has 0 bridgehead atoms. The summed E-state index contributed by atoms with van der Waals surface area (Å²) < 4.78 is 0. The minimum atomic E-state index is -0.663. The lowest BCUT2D eigenvalue weighted by Crippen LogP contribution is -2.40. The predicted octanol–water partition coefficient (Wildman–Crippen LogP) is 3.44. The third-order valence-electron chi connectivity index (χ3n) is 3.75. The summed E-state index contributed by atoms with van der Waals surface area (Å²) in [4.78, 5) is 12.2. The van der Waals surface area contributed by atoms with Crippen LogP contribution in [0.5, 0.6) is 0 Å². The Morgan fingerprint density at radius 1 is 1.25 bits per heavy atom. The molecule has 1 aromatic rings. The second kappa shape index (κ2) is 8.75. The van der Waals surface area contributed by atoms with Crippen LogP contribution in [0.3, 0.4) is 0 Å². The largest absolute Gasteiger partial charge is 0.386 e. The highest BCUT2D eigenvalue weighted by Gasteiger charge is 2.22. The Labute approximate surface area is 122 Å². The van der Waals surface area contributed by atoms with E-state index in [1.54, 1.807) is 0 Å². The molecule has 3 atom stereocenters. The van der Waals surface area contributed by atoms with Crippen LogP contribution in [0, 0.1) is 5.92 Å². The zero-order chi connectivity index (χ0) is 15.0. The number of aliphatic hydroxyl groups excluding tert-OH is 1. The minimum Gasteiger partial charge on any atom is -0.386 e. The molecule has 0 saturated heterocycles. The Morgan fingerprint density at radius 2 is 1.90 bits per heavy atom. The van der Waals surface area contributed by atoms with Crippen molar-refractivity contribution in [3.8, 4) is 0 Å². The molecule has 2 N–H and O–H groups in total. The van der Waals surface area contributed by atoms with Crippen molar-refractivity contribution in [2.45, 2.75) is 58.6 Å². The summed E-state index contributed by atoms with van der Waals surface area (Å²) in [6.45, 7) is 6.02. The van der Waals surface area contributed by atoms with Gasteiger partial charge in [-0.1, -0.05) is 57.0 Å². The van der Waals surface area contributed by atoms with Crippen LogP contribution in [0.2, 0.25) is 0 Å². The normalized spacial score (nSPS) is 15.4. The maximum Gasteiger partial charge on any atom is 0.223 e. The predicted molar refractivity (Wildman–Crippen MR) is 82.3 cm³/mol. The first-order chi connectivity index (χ1) is 9.60. The van der Waals surface area contributed by atoms with Gasteiger partial charge in [-0.2, -0.15) is 0 Å². The van der Waals surface area contributed by atoms with Crippen molar-refractivity contribution in [3.63, 3.8) is 0 Å². The number of carbonyl (C=O) groups excluding carboxylic acids is 1. The van der Waals surface area contributed by atoms with Gasteiger partial charge in [0.15, 0.2) is 0 Å². The molecule has 0 radical (unpaired) electrons. The number of unbranched alkanes of at least 4 members (excludes halogenated alkanes) is 1. The van der Waals surface area contributed by atoms with Crippen molar-refractivity contribution in [1.29, 1.82) is 0 Å². The molecule has 0 aliphatic heterocycles. The van der Waals surface area contributed by atoms with Crippen LogP contribution in [-0.2, 0) is 4.79 Å². The summed E-state index contributed by atoms with van der Waals surface area (Å²) in [7, 11) is 0. The number of carbonyl (C=O) groups is 1. The third kappa shape index (κ3) is 4.97. The fourth-order valence-electron chi connectivity index (χ4n) is 2.33. The van der Waals surface area contributed by atoms with Crippen molar-refractivity contribution in [3.05, 3.63) is 35.9 Å². The highest BCUT2D eigenvalue weighted by atomic mass is 16.3. The zero-order valence-corrected chi connectivity index (χ0v) is 12.8. The number of hydrogen-bond donors (Lipinski definition) is 2. The van der Waals surface area contributed by atoms with E-state index in [0.29, 0.717) is 0 Å². The molecule has 0 aliphatic rings. The summed E-state index contributed by atoms with van der Waals surface area (Å²) in [5.74, 6) is 0.115. The van der Waals surface area contributed by atoms with Crippen LogP contribution in [0.4, 0.5) is 0 Å². The topological polar surface area (TPSA) is 49.3 Å². The van der Waals surface area contributed by atoms with Crippen molar-refractivity contribution < 1.29 is 9.90 Å². The zero-order valence-electron chi connectivity index (χ0n) is 12.8. The maximum atomic E-state index is 12.2. The van der Waals surface area contributed by atoms with Gasteiger partial charge in [-0.15, -0.1) is 0 Å². The van der Waals surface area contributed by atoms with Crippen LogP contribution in [0.25, 0.3) is 0 Å². The molecule has 3 nitrogen and oxygen atoms in total. The van der Waals surface area contributed by atoms with E-state index in [1.165, 1.54) is 0 Å². The Hall–Kier alpha value is -1.35. The Balaban J connectivity index is 2.55. The van der Waals surface area contributed by atoms with Crippen molar-refractivity contribution >= 4 is 5.91 Å². The summed E-state index contributed by atoms with van der Waals surface area (Å²) in [6.07, 6.45) is 3.28. The second-order valence-electron chi connectivity index (χ2n) is 5.40. The van der Waals surface area contributed by atoms with Crippen LogP contribution in [0.1, 0.15) is 58.1 Å². The van der Waals surface area contributed by atoms with Gasteiger partial charge in [-0.3, -0.25) is 4.79 Å². The number of aliphatic hydroxyl groups is 1. The smallest absolute Gasteiger partial charge is 0.223 e. The number of rotatable bonds is 8. The molecular weight excluding hydrogens is 250 g/mol. The first-order valence-electron chi connectivity index (χ1n) is 7.63. The van der Waals surface area contributed by atoms with Crippen LogP contribution < -0.4 is 5.32 Å². The van der Waals surface area contributed by atoms with E-state index in [4.69, 9.17) is 0 Å². The molecule has 3 heteroatoms. The third-order valence-corrected chi connectivity index (χ3v) is 3.75. The Bertz CT molecular complexity index is 391. The van der Waals surface area contributed by atoms with Crippen molar-refractivity contribution in [2.24, 2.45) is 5.92 Å². The summed E-state index contributed by atoms with van der Waals surface area (Å²) >= 11 is 0. The lowest BCUT2D eigenvalue weighted by atomic mass is 9.97. The number of nitrogens with one attached hydrogen (secondary N) is 1. The highest BCUT2D eigenvalue weighted by molar-refractivity contribution is 5.78. The fourth-order valence-corrected chi connectivity index (χ4v) is 2.33. The molecule has 0 aliphatic carbocycles. The highest BCUT2D eigenvalue weighted by Crippen LogP contribution is 2.18. The molecule has 20 heavy (non-hydrogen) atoms. The average Bonchev–Trinajstić information content (AvgIpc) is 2.48. The van der Waals surface area contributed by atoms with E-state index in [1.807, 2.05) is 44.2 Å².